The highest BCUT2D eigenvalue weighted by atomic mass is 32.1. The molecule has 0 aliphatic rings. The average Bonchev–Trinajstić information content (AvgIpc) is 3.48. The molecular weight excluding hydrogens is 438 g/mol. The maximum Gasteiger partial charge on any atom is 0.167 e. The highest BCUT2D eigenvalue weighted by Crippen LogP contribution is 2.41. The number of para-hydroxylation sites is 1. The monoisotopic (exact) mass is 459 g/mol. The van der Waals surface area contributed by atoms with Crippen LogP contribution in [-0.2, 0) is 6.42 Å². The first-order chi connectivity index (χ1) is 16.8. The summed E-state index contributed by atoms with van der Waals surface area (Å²) in [5, 5.41) is 10.1. The van der Waals surface area contributed by atoms with Gasteiger partial charge in [-0.1, -0.05) is 96.2 Å². The second-order valence-corrected chi connectivity index (χ2v) is 9.33. The molecule has 4 aromatic carbocycles. The van der Waals surface area contributed by atoms with Crippen LogP contribution < -0.4 is 0 Å². The number of hydrogen-bond acceptors (Lipinski definition) is 4. The number of carbonyl (C=O) groups excluding carboxylic acids is 1. The van der Waals surface area contributed by atoms with Crippen molar-refractivity contribution < 1.29 is 4.79 Å². The van der Waals surface area contributed by atoms with Crippen molar-refractivity contribution in [1.29, 1.82) is 0 Å². The first-order valence-corrected chi connectivity index (χ1v) is 12.0. The molecule has 0 N–H and O–H groups in total. The molecule has 0 spiro atoms. The summed E-state index contributed by atoms with van der Waals surface area (Å²) in [6, 6.07) is 36.0. The van der Waals surface area contributed by atoms with Crippen molar-refractivity contribution in [2.45, 2.75) is 12.5 Å². The minimum atomic E-state index is -0.190. The third-order valence-electron chi connectivity index (χ3n) is 6.15. The van der Waals surface area contributed by atoms with Gasteiger partial charge in [0.2, 0.25) is 0 Å². The molecular formula is C29H21N3OS. The summed E-state index contributed by atoms with van der Waals surface area (Å²) in [6.45, 7) is 0. The fourth-order valence-corrected chi connectivity index (χ4v) is 5.86. The molecule has 0 saturated heterocycles. The van der Waals surface area contributed by atoms with Crippen LogP contribution in [0.25, 0.3) is 21.1 Å². The van der Waals surface area contributed by atoms with Crippen LogP contribution >= 0.6 is 11.3 Å². The molecule has 0 aliphatic heterocycles. The Bertz CT molecular complexity index is 1600. The number of thiophene rings is 1. The molecule has 2 aromatic heterocycles. The number of hydrogen-bond donors (Lipinski definition) is 0. The number of Topliss-reactive ketones (excluding diaryl/α,β-unsaturated/α-hetero) is 1. The van der Waals surface area contributed by atoms with Gasteiger partial charge in [-0.3, -0.25) is 4.79 Å². The summed E-state index contributed by atoms with van der Waals surface area (Å²) in [5.41, 5.74) is 4.72. The van der Waals surface area contributed by atoms with E-state index in [9.17, 15) is 4.79 Å². The molecule has 164 valence electrons. The highest BCUT2D eigenvalue weighted by Gasteiger charge is 2.27. The van der Waals surface area contributed by atoms with Gasteiger partial charge in [-0.15, -0.1) is 16.4 Å². The summed E-state index contributed by atoms with van der Waals surface area (Å²) in [4.78, 5) is 14.5. The van der Waals surface area contributed by atoms with Gasteiger partial charge in [0, 0.05) is 21.6 Å². The number of aromatic nitrogens is 3. The molecule has 0 bridgehead atoms. The van der Waals surface area contributed by atoms with Crippen LogP contribution in [0.1, 0.15) is 32.4 Å². The summed E-state index contributed by atoms with van der Waals surface area (Å²) < 4.78 is 3.16. The molecule has 0 aliphatic carbocycles. The molecule has 1 atom stereocenters. The second-order valence-electron chi connectivity index (χ2n) is 8.24. The molecule has 0 radical (unpaired) electrons. The van der Waals surface area contributed by atoms with Crippen LogP contribution in [0.4, 0.5) is 0 Å². The van der Waals surface area contributed by atoms with Crippen molar-refractivity contribution in [2.75, 3.05) is 0 Å². The largest absolute Gasteiger partial charge is 0.294 e. The van der Waals surface area contributed by atoms with E-state index >= 15 is 0 Å². The van der Waals surface area contributed by atoms with E-state index in [4.69, 9.17) is 0 Å². The van der Waals surface area contributed by atoms with Gasteiger partial charge in [0.25, 0.3) is 0 Å². The quantitative estimate of drug-likeness (QED) is 0.260. The van der Waals surface area contributed by atoms with Crippen molar-refractivity contribution in [3.63, 3.8) is 0 Å². The van der Waals surface area contributed by atoms with Gasteiger partial charge in [-0.25, -0.2) is 4.68 Å². The smallest absolute Gasteiger partial charge is 0.167 e. The molecule has 34 heavy (non-hydrogen) atoms. The minimum absolute atomic E-state index is 0.112. The van der Waals surface area contributed by atoms with E-state index < -0.39 is 0 Å². The van der Waals surface area contributed by atoms with Crippen LogP contribution in [0.5, 0.6) is 0 Å². The Labute approximate surface area is 201 Å². The molecule has 0 fully saturated rings. The van der Waals surface area contributed by atoms with Crippen molar-refractivity contribution in [3.05, 3.63) is 131 Å². The van der Waals surface area contributed by atoms with Crippen LogP contribution in [-0.4, -0.2) is 20.8 Å². The number of ketones is 1. The van der Waals surface area contributed by atoms with Gasteiger partial charge in [-0.2, -0.15) is 0 Å². The Morgan fingerprint density at radius 3 is 2.29 bits per heavy atom. The standard InChI is InChI=1S/C29H21N3OS/c33-26(20-11-3-1-4-12-20)19-23-22-15-7-10-18-27(22)34-29(23)28(21-13-5-2-6-14-21)32-25-17-9-8-16-24(25)30-31-32/h1-18,28H,19H2. The lowest BCUT2D eigenvalue weighted by molar-refractivity contribution is 0.0993. The van der Waals surface area contributed by atoms with E-state index in [0.717, 1.165) is 38.0 Å². The maximum atomic E-state index is 13.3. The van der Waals surface area contributed by atoms with Gasteiger partial charge in [0.15, 0.2) is 5.78 Å². The van der Waals surface area contributed by atoms with E-state index in [0.29, 0.717) is 6.42 Å². The van der Waals surface area contributed by atoms with E-state index in [1.807, 2.05) is 89.6 Å². The van der Waals surface area contributed by atoms with Crippen LogP contribution in [0.3, 0.4) is 0 Å². The molecule has 6 aromatic rings. The van der Waals surface area contributed by atoms with E-state index in [1.165, 1.54) is 4.70 Å². The highest BCUT2D eigenvalue weighted by molar-refractivity contribution is 7.19. The van der Waals surface area contributed by atoms with E-state index in [-0.39, 0.29) is 11.8 Å². The van der Waals surface area contributed by atoms with Crippen molar-refractivity contribution >= 4 is 38.2 Å². The van der Waals surface area contributed by atoms with E-state index in [1.54, 1.807) is 11.3 Å². The third-order valence-corrected chi connectivity index (χ3v) is 7.41. The molecule has 6 rings (SSSR count). The van der Waals surface area contributed by atoms with Gasteiger partial charge < -0.3 is 0 Å². The Morgan fingerprint density at radius 1 is 0.794 bits per heavy atom. The Kier molecular flexibility index (Phi) is 5.24. The first-order valence-electron chi connectivity index (χ1n) is 11.2. The lowest BCUT2D eigenvalue weighted by Gasteiger charge is -2.19. The van der Waals surface area contributed by atoms with Crippen molar-refractivity contribution in [1.82, 2.24) is 15.0 Å². The number of carbonyl (C=O) groups is 1. The first kappa shape index (κ1) is 20.5. The van der Waals surface area contributed by atoms with Crippen LogP contribution in [0.2, 0.25) is 0 Å². The molecule has 2 heterocycles. The number of nitrogens with zero attached hydrogens (tertiary/aromatic N) is 3. The lowest BCUT2D eigenvalue weighted by Crippen LogP contribution is -2.15. The zero-order valence-corrected chi connectivity index (χ0v) is 19.2. The Morgan fingerprint density at radius 2 is 1.47 bits per heavy atom. The zero-order valence-electron chi connectivity index (χ0n) is 18.3. The molecule has 0 amide bonds. The SMILES string of the molecule is O=C(Cc1c(C(c2ccccc2)n2nnc3ccccc32)sc2ccccc12)c1ccccc1. The maximum absolute atomic E-state index is 13.3. The van der Waals surface area contributed by atoms with Crippen LogP contribution in [0, 0.1) is 0 Å². The fraction of sp³-hybridized carbons (Fsp3) is 0.0690. The number of benzene rings is 4. The van der Waals surface area contributed by atoms with Gasteiger partial charge in [0.1, 0.15) is 11.6 Å². The van der Waals surface area contributed by atoms with Gasteiger partial charge >= 0.3 is 0 Å². The van der Waals surface area contributed by atoms with Crippen molar-refractivity contribution in [2.24, 2.45) is 0 Å². The summed E-state index contributed by atoms with van der Waals surface area (Å²) in [7, 11) is 0. The summed E-state index contributed by atoms with van der Waals surface area (Å²) in [5.74, 6) is 0.112. The molecule has 4 nitrogen and oxygen atoms in total. The van der Waals surface area contributed by atoms with Crippen molar-refractivity contribution in [3.8, 4) is 0 Å². The number of rotatable bonds is 6. The topological polar surface area (TPSA) is 47.8 Å². The van der Waals surface area contributed by atoms with E-state index in [2.05, 4.69) is 34.6 Å². The van der Waals surface area contributed by atoms with Gasteiger partial charge in [-0.05, 0) is 34.7 Å². The summed E-state index contributed by atoms with van der Waals surface area (Å²) >= 11 is 1.73. The molecule has 5 heteroatoms. The lowest BCUT2D eigenvalue weighted by atomic mass is 9.95. The van der Waals surface area contributed by atoms with Gasteiger partial charge in [0.05, 0.1) is 5.52 Å². The van der Waals surface area contributed by atoms with Crippen LogP contribution in [0.15, 0.2) is 109 Å². The second kappa shape index (κ2) is 8.69. The third kappa shape index (κ3) is 3.60. The fourth-order valence-electron chi connectivity index (χ4n) is 4.52. The summed E-state index contributed by atoms with van der Waals surface area (Å²) in [6.07, 6.45) is 0.333. The predicted octanol–water partition coefficient (Wildman–Crippen LogP) is 6.71. The Balaban J connectivity index is 1.58. The Hall–Kier alpha value is -4.09. The predicted molar refractivity (Wildman–Crippen MR) is 138 cm³/mol. The average molecular weight is 460 g/mol. The minimum Gasteiger partial charge on any atom is -0.294 e. The zero-order chi connectivity index (χ0) is 22.9. The number of fused-ring (bicyclic) bond motifs is 2. The molecule has 1 unspecified atom stereocenters. The normalized spacial score (nSPS) is 12.2. The molecule has 0 saturated carbocycles.